The maximum Gasteiger partial charge on any atom is 0.0378 e. The fourth-order valence-corrected chi connectivity index (χ4v) is 2.16. The summed E-state index contributed by atoms with van der Waals surface area (Å²) in [6.45, 7) is 0. The van der Waals surface area contributed by atoms with Gasteiger partial charge in [-0.25, -0.2) is 0 Å². The van der Waals surface area contributed by atoms with Gasteiger partial charge in [0, 0.05) is 5.71 Å². The zero-order chi connectivity index (χ0) is 7.68. The quantitative estimate of drug-likeness (QED) is 0.452. The van der Waals surface area contributed by atoms with Gasteiger partial charge in [-0.15, -0.1) is 0 Å². The Kier molecular flexibility index (Phi) is 1.84. The van der Waals surface area contributed by atoms with Crippen molar-refractivity contribution in [1.82, 2.24) is 0 Å². The molecule has 0 aromatic carbocycles. The molecule has 0 amide bonds. The first-order valence-electron chi connectivity index (χ1n) is 4.66. The maximum atomic E-state index is 5.27. The molecule has 11 heavy (non-hydrogen) atoms. The van der Waals surface area contributed by atoms with E-state index in [0.29, 0.717) is 0 Å². The molecule has 2 nitrogen and oxygen atoms in total. The largest absolute Gasteiger partial charge is 0.323 e. The van der Waals surface area contributed by atoms with E-state index >= 15 is 0 Å². The molecule has 1 unspecified atom stereocenters. The molecule has 0 aromatic heterocycles. The Hall–Kier alpha value is -0.530. The topological polar surface area (TPSA) is 38.4 Å². The van der Waals surface area contributed by atoms with Gasteiger partial charge >= 0.3 is 0 Å². The van der Waals surface area contributed by atoms with Gasteiger partial charge in [0.15, 0.2) is 0 Å². The van der Waals surface area contributed by atoms with Gasteiger partial charge in [0.2, 0.25) is 0 Å². The zero-order valence-corrected chi connectivity index (χ0v) is 6.92. The van der Waals surface area contributed by atoms with Crippen LogP contribution in [0.3, 0.4) is 0 Å². The van der Waals surface area contributed by atoms with Gasteiger partial charge in [-0.2, -0.15) is 5.10 Å². The first-order chi connectivity index (χ1) is 5.40. The molecule has 2 aliphatic rings. The molecule has 2 fully saturated rings. The van der Waals surface area contributed by atoms with Gasteiger partial charge in [-0.3, -0.25) is 0 Å². The van der Waals surface area contributed by atoms with Crippen molar-refractivity contribution in [3.63, 3.8) is 0 Å². The molecular formula is C9H16N2. The summed E-state index contributed by atoms with van der Waals surface area (Å²) in [5.41, 5.74) is 1.26. The molecule has 1 atom stereocenters. The van der Waals surface area contributed by atoms with Gasteiger partial charge in [-0.1, -0.05) is 0 Å². The van der Waals surface area contributed by atoms with Crippen LogP contribution >= 0.6 is 0 Å². The monoisotopic (exact) mass is 152 g/mol. The summed E-state index contributed by atoms with van der Waals surface area (Å²) in [4.78, 5) is 0. The van der Waals surface area contributed by atoms with E-state index in [9.17, 15) is 0 Å². The molecule has 2 rings (SSSR count). The lowest BCUT2D eigenvalue weighted by Crippen LogP contribution is -2.17. The van der Waals surface area contributed by atoms with Gasteiger partial charge in [-0.05, 0) is 50.4 Å². The van der Waals surface area contributed by atoms with Crippen molar-refractivity contribution in [2.75, 3.05) is 0 Å². The number of nitrogens with zero attached hydrogens (tertiary/aromatic N) is 1. The standard InChI is InChI=1S/C9H16N2/c10-11-9-3-1-2-8(6-9)7-4-5-7/h7-8H,1-6,10H2/b11-9+. The highest BCUT2D eigenvalue weighted by atomic mass is 15.1. The van der Waals surface area contributed by atoms with Gasteiger partial charge in [0.05, 0.1) is 0 Å². The van der Waals surface area contributed by atoms with Gasteiger partial charge in [0.25, 0.3) is 0 Å². The average molecular weight is 152 g/mol. The lowest BCUT2D eigenvalue weighted by molar-refractivity contribution is 0.408. The van der Waals surface area contributed by atoms with Crippen LogP contribution in [0.1, 0.15) is 38.5 Å². The van der Waals surface area contributed by atoms with Crippen molar-refractivity contribution in [3.05, 3.63) is 0 Å². The lowest BCUT2D eigenvalue weighted by atomic mass is 9.84. The number of hydrogen-bond donors (Lipinski definition) is 1. The molecule has 0 aromatic rings. The molecule has 2 saturated carbocycles. The van der Waals surface area contributed by atoms with Crippen LogP contribution in [0.15, 0.2) is 5.10 Å². The smallest absolute Gasteiger partial charge is 0.0378 e. The Bertz CT molecular complexity index is 170. The zero-order valence-electron chi connectivity index (χ0n) is 6.92. The van der Waals surface area contributed by atoms with E-state index in [1.54, 1.807) is 0 Å². The highest BCUT2D eigenvalue weighted by Gasteiger charge is 2.33. The third kappa shape index (κ3) is 1.55. The van der Waals surface area contributed by atoms with E-state index in [2.05, 4.69) is 5.10 Å². The molecule has 0 heterocycles. The Morgan fingerprint density at radius 1 is 1.18 bits per heavy atom. The third-order valence-electron chi connectivity index (χ3n) is 3.01. The molecular weight excluding hydrogens is 136 g/mol. The number of rotatable bonds is 1. The fraction of sp³-hybridized carbons (Fsp3) is 0.889. The predicted octanol–water partition coefficient (Wildman–Crippen LogP) is 1.90. The average Bonchev–Trinajstić information content (AvgIpc) is 2.87. The van der Waals surface area contributed by atoms with E-state index in [-0.39, 0.29) is 0 Å². The van der Waals surface area contributed by atoms with Crippen LogP contribution in [0.25, 0.3) is 0 Å². The van der Waals surface area contributed by atoms with Crippen molar-refractivity contribution in [2.24, 2.45) is 22.8 Å². The lowest BCUT2D eigenvalue weighted by Gasteiger charge is -2.22. The van der Waals surface area contributed by atoms with Crippen molar-refractivity contribution < 1.29 is 0 Å². The highest BCUT2D eigenvalue weighted by Crippen LogP contribution is 2.43. The Morgan fingerprint density at radius 2 is 2.00 bits per heavy atom. The minimum absolute atomic E-state index is 0.936. The molecule has 0 spiro atoms. The minimum atomic E-state index is 0.936. The molecule has 0 aliphatic heterocycles. The Balaban J connectivity index is 1.91. The Morgan fingerprint density at radius 3 is 2.64 bits per heavy atom. The van der Waals surface area contributed by atoms with E-state index in [1.165, 1.54) is 37.8 Å². The molecule has 62 valence electrons. The molecule has 2 heteroatoms. The summed E-state index contributed by atoms with van der Waals surface area (Å²) in [5.74, 6) is 7.24. The van der Waals surface area contributed by atoms with Crippen LogP contribution in [-0.4, -0.2) is 5.71 Å². The van der Waals surface area contributed by atoms with Crippen LogP contribution in [-0.2, 0) is 0 Å². The summed E-state index contributed by atoms with van der Waals surface area (Å²) in [5, 5.41) is 3.82. The van der Waals surface area contributed by atoms with E-state index in [4.69, 9.17) is 5.84 Å². The summed E-state index contributed by atoms with van der Waals surface area (Å²) in [6.07, 6.45) is 8.01. The first kappa shape index (κ1) is 7.14. The third-order valence-corrected chi connectivity index (χ3v) is 3.01. The van der Waals surface area contributed by atoms with Crippen molar-refractivity contribution in [3.8, 4) is 0 Å². The van der Waals surface area contributed by atoms with E-state index in [0.717, 1.165) is 18.3 Å². The predicted molar refractivity (Wildman–Crippen MR) is 46.3 cm³/mol. The molecule has 2 aliphatic carbocycles. The van der Waals surface area contributed by atoms with Gasteiger partial charge < -0.3 is 5.84 Å². The molecule has 0 radical (unpaired) electrons. The maximum absolute atomic E-state index is 5.27. The van der Waals surface area contributed by atoms with Crippen LogP contribution in [0, 0.1) is 11.8 Å². The van der Waals surface area contributed by atoms with Crippen LogP contribution < -0.4 is 5.84 Å². The first-order valence-corrected chi connectivity index (χ1v) is 4.66. The molecule has 2 N–H and O–H groups in total. The molecule has 0 saturated heterocycles. The van der Waals surface area contributed by atoms with Crippen LogP contribution in [0.2, 0.25) is 0 Å². The van der Waals surface area contributed by atoms with Crippen molar-refractivity contribution in [2.45, 2.75) is 38.5 Å². The van der Waals surface area contributed by atoms with E-state index < -0.39 is 0 Å². The van der Waals surface area contributed by atoms with Crippen molar-refractivity contribution in [1.29, 1.82) is 0 Å². The summed E-state index contributed by atoms with van der Waals surface area (Å²) in [6, 6.07) is 0. The van der Waals surface area contributed by atoms with Crippen LogP contribution in [0.4, 0.5) is 0 Å². The number of nitrogens with two attached hydrogens (primary N) is 1. The van der Waals surface area contributed by atoms with E-state index in [1.807, 2.05) is 0 Å². The fourth-order valence-electron chi connectivity index (χ4n) is 2.16. The minimum Gasteiger partial charge on any atom is -0.323 e. The van der Waals surface area contributed by atoms with Crippen LogP contribution in [0.5, 0.6) is 0 Å². The summed E-state index contributed by atoms with van der Waals surface area (Å²) >= 11 is 0. The number of hydrazone groups is 1. The Labute approximate surface area is 67.9 Å². The van der Waals surface area contributed by atoms with Crippen molar-refractivity contribution >= 4 is 5.71 Å². The second-order valence-corrected chi connectivity index (χ2v) is 3.89. The highest BCUT2D eigenvalue weighted by molar-refractivity contribution is 5.85. The SMILES string of the molecule is N/N=C1\CCCC(C2CC2)C1. The second kappa shape index (κ2) is 2.84. The summed E-state index contributed by atoms with van der Waals surface area (Å²) < 4.78 is 0. The summed E-state index contributed by atoms with van der Waals surface area (Å²) in [7, 11) is 0. The van der Waals surface area contributed by atoms with Gasteiger partial charge in [0.1, 0.15) is 0 Å². The molecule has 0 bridgehead atoms. The number of hydrogen-bond acceptors (Lipinski definition) is 2. The second-order valence-electron chi connectivity index (χ2n) is 3.89. The normalized spacial score (nSPS) is 36.0.